The van der Waals surface area contributed by atoms with E-state index in [9.17, 15) is 9.18 Å². The van der Waals surface area contributed by atoms with Gasteiger partial charge in [-0.3, -0.25) is 4.79 Å². The number of nitrogens with zero attached hydrogens (tertiary/aromatic N) is 2. The summed E-state index contributed by atoms with van der Waals surface area (Å²) in [4.78, 5) is 17.6. The van der Waals surface area contributed by atoms with Crippen molar-refractivity contribution in [3.63, 3.8) is 0 Å². The molecule has 1 aliphatic heterocycles. The normalized spacial score (nSPS) is 19.9. The van der Waals surface area contributed by atoms with E-state index in [1.165, 1.54) is 12.3 Å². The molecule has 1 saturated heterocycles. The van der Waals surface area contributed by atoms with Crippen LogP contribution in [0.4, 0.5) is 10.2 Å². The molecule has 2 N–H and O–H groups in total. The Balaban J connectivity index is 2.18. The van der Waals surface area contributed by atoms with Gasteiger partial charge in [-0.05, 0) is 24.8 Å². The maximum absolute atomic E-state index is 13.8. The number of hydrogen-bond donors (Lipinski definition) is 1. The summed E-state index contributed by atoms with van der Waals surface area (Å²) in [5.41, 5.74) is 5.41. The summed E-state index contributed by atoms with van der Waals surface area (Å²) < 4.78 is 13.8. The Morgan fingerprint density at radius 1 is 1.67 bits per heavy atom. The van der Waals surface area contributed by atoms with Gasteiger partial charge in [0, 0.05) is 19.3 Å². The quantitative estimate of drug-likeness (QED) is 0.875. The predicted octanol–water partition coefficient (Wildman–Crippen LogP) is 2.07. The molecule has 0 aliphatic carbocycles. The lowest BCUT2D eigenvalue weighted by atomic mass is 9.95. The summed E-state index contributed by atoms with van der Waals surface area (Å²) in [6.45, 7) is 3.51. The molecule has 1 amide bonds. The van der Waals surface area contributed by atoms with Gasteiger partial charge in [0.2, 0.25) is 0 Å². The van der Waals surface area contributed by atoms with Crippen molar-refractivity contribution in [2.45, 2.75) is 26.2 Å². The van der Waals surface area contributed by atoms with Crippen molar-refractivity contribution >= 4 is 11.7 Å². The van der Waals surface area contributed by atoms with Crippen LogP contribution in [0.3, 0.4) is 0 Å². The van der Waals surface area contributed by atoms with Gasteiger partial charge in [-0.15, -0.1) is 0 Å². The average Bonchev–Trinajstić information content (AvgIpc) is 2.41. The smallest absolute Gasteiger partial charge is 0.257 e. The molecular weight excluding hydrogens is 233 g/mol. The van der Waals surface area contributed by atoms with E-state index in [0.717, 1.165) is 19.3 Å². The minimum atomic E-state index is -0.707. The molecule has 1 aromatic rings. The van der Waals surface area contributed by atoms with Gasteiger partial charge in [0.05, 0.1) is 5.56 Å². The van der Waals surface area contributed by atoms with Crippen LogP contribution in [0.5, 0.6) is 0 Å². The Hall–Kier alpha value is -1.65. The third-order valence-corrected chi connectivity index (χ3v) is 3.53. The molecule has 2 heterocycles. The number of carbonyl (C=O) groups excluding carboxylic acids is 1. The van der Waals surface area contributed by atoms with Gasteiger partial charge in [-0.2, -0.15) is 0 Å². The van der Waals surface area contributed by atoms with E-state index in [-0.39, 0.29) is 17.3 Å². The fourth-order valence-electron chi connectivity index (χ4n) is 2.38. The highest BCUT2D eigenvalue weighted by molar-refractivity contribution is 5.95. The molecular formula is C13H18FN3O. The first-order chi connectivity index (χ1) is 8.63. The number of piperidine rings is 1. The van der Waals surface area contributed by atoms with E-state index >= 15 is 0 Å². The molecule has 1 atom stereocenters. The van der Waals surface area contributed by atoms with E-state index in [4.69, 9.17) is 5.73 Å². The second-order valence-corrected chi connectivity index (χ2v) is 4.73. The number of halogens is 1. The van der Waals surface area contributed by atoms with E-state index in [2.05, 4.69) is 11.9 Å². The number of nitrogen functional groups attached to an aromatic ring is 1. The second kappa shape index (κ2) is 5.33. The average molecular weight is 251 g/mol. The van der Waals surface area contributed by atoms with Gasteiger partial charge in [0.1, 0.15) is 0 Å². The van der Waals surface area contributed by atoms with Crippen molar-refractivity contribution in [2.75, 3.05) is 18.8 Å². The van der Waals surface area contributed by atoms with Gasteiger partial charge in [0.15, 0.2) is 11.6 Å². The van der Waals surface area contributed by atoms with Gasteiger partial charge >= 0.3 is 0 Å². The van der Waals surface area contributed by atoms with Gasteiger partial charge < -0.3 is 10.6 Å². The highest BCUT2D eigenvalue weighted by Gasteiger charge is 2.25. The number of hydrogen-bond acceptors (Lipinski definition) is 3. The first-order valence-electron chi connectivity index (χ1n) is 6.32. The number of carbonyl (C=O) groups is 1. The molecule has 1 unspecified atom stereocenters. The zero-order valence-electron chi connectivity index (χ0n) is 10.5. The van der Waals surface area contributed by atoms with Crippen molar-refractivity contribution in [1.29, 1.82) is 0 Å². The molecule has 18 heavy (non-hydrogen) atoms. The molecule has 0 aromatic carbocycles. The van der Waals surface area contributed by atoms with Gasteiger partial charge in [-0.25, -0.2) is 9.37 Å². The fraction of sp³-hybridized carbons (Fsp3) is 0.538. The van der Waals surface area contributed by atoms with E-state index in [0.29, 0.717) is 19.0 Å². The van der Waals surface area contributed by atoms with Crippen LogP contribution in [0.1, 0.15) is 36.5 Å². The third-order valence-electron chi connectivity index (χ3n) is 3.53. The molecule has 1 fully saturated rings. The Kier molecular flexibility index (Phi) is 3.79. The first-order valence-corrected chi connectivity index (χ1v) is 6.32. The summed E-state index contributed by atoms with van der Waals surface area (Å²) in [6.07, 6.45) is 4.53. The maximum Gasteiger partial charge on any atom is 0.257 e. The number of amides is 1. The summed E-state index contributed by atoms with van der Waals surface area (Å²) in [6, 6.07) is 1.39. The van der Waals surface area contributed by atoms with Crippen molar-refractivity contribution < 1.29 is 9.18 Å². The molecule has 5 heteroatoms. The third kappa shape index (κ3) is 2.44. The lowest BCUT2D eigenvalue weighted by Crippen LogP contribution is -2.40. The maximum atomic E-state index is 13.8. The fourth-order valence-corrected chi connectivity index (χ4v) is 2.38. The van der Waals surface area contributed by atoms with Crippen LogP contribution in [0, 0.1) is 11.7 Å². The lowest BCUT2D eigenvalue weighted by Gasteiger charge is -2.32. The van der Waals surface area contributed by atoms with Crippen molar-refractivity contribution in [1.82, 2.24) is 9.88 Å². The topological polar surface area (TPSA) is 59.2 Å². The summed E-state index contributed by atoms with van der Waals surface area (Å²) in [5.74, 6) is -0.685. The Morgan fingerprint density at radius 2 is 2.44 bits per heavy atom. The van der Waals surface area contributed by atoms with Crippen LogP contribution < -0.4 is 5.73 Å². The number of nitrogens with two attached hydrogens (primary N) is 1. The minimum Gasteiger partial charge on any atom is -0.381 e. The highest BCUT2D eigenvalue weighted by Crippen LogP contribution is 2.22. The molecule has 1 aromatic heterocycles. The SMILES string of the molecule is CCC1CCCN(C(=O)c2ccnc(N)c2F)C1. The molecule has 0 saturated carbocycles. The van der Waals surface area contributed by atoms with Crippen molar-refractivity contribution in [2.24, 2.45) is 5.92 Å². The Labute approximate surface area is 106 Å². The number of rotatable bonds is 2. The van der Waals surface area contributed by atoms with Crippen molar-refractivity contribution in [3.05, 3.63) is 23.6 Å². The number of likely N-dealkylation sites (tertiary alicyclic amines) is 1. The Bertz CT molecular complexity index is 450. The van der Waals surface area contributed by atoms with Crippen LogP contribution in [0.15, 0.2) is 12.3 Å². The largest absolute Gasteiger partial charge is 0.381 e. The lowest BCUT2D eigenvalue weighted by molar-refractivity contribution is 0.0666. The predicted molar refractivity (Wildman–Crippen MR) is 67.5 cm³/mol. The summed E-state index contributed by atoms with van der Waals surface area (Å²) in [5, 5.41) is 0. The molecule has 4 nitrogen and oxygen atoms in total. The molecule has 98 valence electrons. The van der Waals surface area contributed by atoms with Crippen LogP contribution in [0.25, 0.3) is 0 Å². The summed E-state index contributed by atoms with van der Waals surface area (Å²) >= 11 is 0. The number of anilines is 1. The molecule has 0 radical (unpaired) electrons. The van der Waals surface area contributed by atoms with Gasteiger partial charge in [0.25, 0.3) is 5.91 Å². The molecule has 1 aliphatic rings. The standard InChI is InChI=1S/C13H18FN3O/c1-2-9-4-3-7-17(8-9)13(18)10-5-6-16-12(15)11(10)14/h5-6,9H,2-4,7-8H2,1H3,(H2,15,16). The Morgan fingerprint density at radius 3 is 3.17 bits per heavy atom. The van der Waals surface area contributed by atoms with E-state index < -0.39 is 5.82 Å². The van der Waals surface area contributed by atoms with Crippen LogP contribution in [-0.4, -0.2) is 28.9 Å². The second-order valence-electron chi connectivity index (χ2n) is 4.73. The van der Waals surface area contributed by atoms with Crippen molar-refractivity contribution in [3.8, 4) is 0 Å². The zero-order valence-corrected chi connectivity index (χ0v) is 10.5. The number of pyridine rings is 1. The molecule has 2 rings (SSSR count). The number of aromatic nitrogens is 1. The molecule has 0 bridgehead atoms. The first kappa shape index (κ1) is 12.8. The molecule has 0 spiro atoms. The van der Waals surface area contributed by atoms with Crippen LogP contribution >= 0.6 is 0 Å². The van der Waals surface area contributed by atoms with Crippen LogP contribution in [0.2, 0.25) is 0 Å². The van der Waals surface area contributed by atoms with E-state index in [1.54, 1.807) is 4.90 Å². The monoisotopic (exact) mass is 251 g/mol. The van der Waals surface area contributed by atoms with E-state index in [1.807, 2.05) is 0 Å². The van der Waals surface area contributed by atoms with Crippen LogP contribution in [-0.2, 0) is 0 Å². The van der Waals surface area contributed by atoms with Gasteiger partial charge in [-0.1, -0.05) is 13.3 Å². The summed E-state index contributed by atoms with van der Waals surface area (Å²) in [7, 11) is 0. The zero-order chi connectivity index (χ0) is 13.1. The highest BCUT2D eigenvalue weighted by atomic mass is 19.1. The minimum absolute atomic E-state index is 0.0271.